The van der Waals surface area contributed by atoms with Crippen molar-refractivity contribution in [2.24, 2.45) is 4.99 Å². The van der Waals surface area contributed by atoms with Gasteiger partial charge in [-0.15, -0.1) is 24.0 Å². The van der Waals surface area contributed by atoms with Crippen LogP contribution in [-0.4, -0.2) is 32.7 Å². The SMILES string of the molecule is CCNC(=NCC(C)(C)c1cccc(OC)c1)NCCc1ccco1.I. The number of nitrogens with one attached hydrogen (secondary N) is 2. The predicted molar refractivity (Wildman–Crippen MR) is 118 cm³/mol. The van der Waals surface area contributed by atoms with Crippen LogP contribution in [0.15, 0.2) is 52.1 Å². The van der Waals surface area contributed by atoms with Gasteiger partial charge >= 0.3 is 0 Å². The average Bonchev–Trinajstić information content (AvgIpc) is 3.13. The number of rotatable bonds is 8. The molecule has 0 bridgehead atoms. The summed E-state index contributed by atoms with van der Waals surface area (Å²) in [6, 6.07) is 12.1. The topological polar surface area (TPSA) is 58.8 Å². The van der Waals surface area contributed by atoms with Crippen molar-refractivity contribution in [2.45, 2.75) is 32.6 Å². The lowest BCUT2D eigenvalue weighted by Crippen LogP contribution is -2.39. The minimum absolute atomic E-state index is 0. The van der Waals surface area contributed by atoms with Gasteiger partial charge in [0, 0.05) is 24.9 Å². The normalized spacial score (nSPS) is 11.6. The van der Waals surface area contributed by atoms with Crippen molar-refractivity contribution < 1.29 is 9.15 Å². The number of hydrogen-bond acceptors (Lipinski definition) is 3. The van der Waals surface area contributed by atoms with E-state index in [0.717, 1.165) is 37.0 Å². The fourth-order valence-electron chi connectivity index (χ4n) is 2.51. The largest absolute Gasteiger partial charge is 0.497 e. The molecule has 1 aromatic heterocycles. The second-order valence-electron chi connectivity index (χ2n) is 6.57. The number of benzene rings is 1. The number of hydrogen-bond donors (Lipinski definition) is 2. The number of ether oxygens (including phenoxy) is 1. The van der Waals surface area contributed by atoms with E-state index in [4.69, 9.17) is 14.1 Å². The van der Waals surface area contributed by atoms with Gasteiger partial charge in [0.15, 0.2) is 5.96 Å². The van der Waals surface area contributed by atoms with Crippen LogP contribution in [0.1, 0.15) is 32.1 Å². The number of aliphatic imine (C=N–C) groups is 1. The van der Waals surface area contributed by atoms with Gasteiger partial charge in [0.1, 0.15) is 11.5 Å². The minimum atomic E-state index is -0.0854. The van der Waals surface area contributed by atoms with Crippen LogP contribution in [-0.2, 0) is 11.8 Å². The molecule has 0 radical (unpaired) electrons. The van der Waals surface area contributed by atoms with Crippen molar-refractivity contribution >= 4 is 29.9 Å². The average molecular weight is 471 g/mol. The predicted octanol–water partition coefficient (Wildman–Crippen LogP) is 3.98. The van der Waals surface area contributed by atoms with Crippen LogP contribution >= 0.6 is 24.0 Å². The van der Waals surface area contributed by atoms with E-state index in [1.54, 1.807) is 13.4 Å². The standard InChI is InChI=1S/C20H29N3O2.HI/c1-5-21-19(22-12-11-17-10-7-13-25-17)23-15-20(2,3)16-8-6-9-18(14-16)24-4;/h6-10,13-14H,5,11-12,15H2,1-4H3,(H2,21,22,23);1H. The van der Waals surface area contributed by atoms with Crippen molar-refractivity contribution in [1.29, 1.82) is 0 Å². The van der Waals surface area contributed by atoms with Gasteiger partial charge < -0.3 is 19.8 Å². The summed E-state index contributed by atoms with van der Waals surface area (Å²) in [4.78, 5) is 4.76. The van der Waals surface area contributed by atoms with Crippen LogP contribution in [0.2, 0.25) is 0 Å². The maximum Gasteiger partial charge on any atom is 0.191 e. The summed E-state index contributed by atoms with van der Waals surface area (Å²) in [7, 11) is 1.69. The van der Waals surface area contributed by atoms with Gasteiger partial charge in [-0.05, 0) is 36.8 Å². The van der Waals surface area contributed by atoms with Gasteiger partial charge in [0.25, 0.3) is 0 Å². The van der Waals surface area contributed by atoms with E-state index in [0.29, 0.717) is 6.54 Å². The molecule has 144 valence electrons. The molecule has 0 unspecified atom stereocenters. The zero-order valence-corrected chi connectivity index (χ0v) is 18.4. The Balaban J connectivity index is 0.00000338. The Kier molecular flexibility index (Phi) is 9.54. The van der Waals surface area contributed by atoms with E-state index in [1.807, 2.05) is 24.3 Å². The van der Waals surface area contributed by atoms with Gasteiger partial charge in [0.05, 0.1) is 19.9 Å². The summed E-state index contributed by atoms with van der Waals surface area (Å²) < 4.78 is 10.7. The first-order valence-corrected chi connectivity index (χ1v) is 8.74. The van der Waals surface area contributed by atoms with Crippen molar-refractivity contribution in [1.82, 2.24) is 10.6 Å². The highest BCUT2D eigenvalue weighted by molar-refractivity contribution is 14.0. The van der Waals surface area contributed by atoms with Crippen molar-refractivity contribution in [3.05, 3.63) is 54.0 Å². The first-order valence-electron chi connectivity index (χ1n) is 8.74. The van der Waals surface area contributed by atoms with E-state index in [1.165, 1.54) is 5.56 Å². The molecule has 0 aliphatic carbocycles. The fraction of sp³-hybridized carbons (Fsp3) is 0.450. The summed E-state index contributed by atoms with van der Waals surface area (Å²) in [5.74, 6) is 2.67. The summed E-state index contributed by atoms with van der Waals surface area (Å²) in [5, 5.41) is 6.65. The minimum Gasteiger partial charge on any atom is -0.497 e. The Morgan fingerprint density at radius 2 is 2.00 bits per heavy atom. The molecule has 6 heteroatoms. The van der Waals surface area contributed by atoms with Crippen LogP contribution in [0.3, 0.4) is 0 Å². The molecule has 0 saturated carbocycles. The van der Waals surface area contributed by atoms with Gasteiger partial charge in [-0.1, -0.05) is 26.0 Å². The molecule has 0 saturated heterocycles. The van der Waals surface area contributed by atoms with E-state index >= 15 is 0 Å². The van der Waals surface area contributed by atoms with Crippen molar-refractivity contribution in [3.63, 3.8) is 0 Å². The van der Waals surface area contributed by atoms with Crippen molar-refractivity contribution in [3.8, 4) is 5.75 Å². The molecule has 0 fully saturated rings. The first-order chi connectivity index (χ1) is 12.0. The van der Waals surface area contributed by atoms with Gasteiger partial charge in [-0.2, -0.15) is 0 Å². The second-order valence-corrected chi connectivity index (χ2v) is 6.57. The molecule has 2 aromatic rings. The summed E-state index contributed by atoms with van der Waals surface area (Å²) >= 11 is 0. The molecule has 0 atom stereocenters. The lowest BCUT2D eigenvalue weighted by molar-refractivity contribution is 0.412. The molecule has 2 N–H and O–H groups in total. The van der Waals surface area contributed by atoms with Gasteiger partial charge in [-0.25, -0.2) is 0 Å². The van der Waals surface area contributed by atoms with E-state index in [2.05, 4.69) is 43.5 Å². The third-order valence-corrected chi connectivity index (χ3v) is 4.07. The fourth-order valence-corrected chi connectivity index (χ4v) is 2.51. The highest BCUT2D eigenvalue weighted by atomic mass is 127. The zero-order chi connectivity index (χ0) is 18.1. The monoisotopic (exact) mass is 471 g/mol. The first kappa shape index (κ1) is 22.3. The van der Waals surface area contributed by atoms with Crippen LogP contribution in [0.4, 0.5) is 0 Å². The molecule has 0 aliphatic heterocycles. The summed E-state index contributed by atoms with van der Waals surface area (Å²) in [5.41, 5.74) is 1.12. The smallest absolute Gasteiger partial charge is 0.191 e. The third-order valence-electron chi connectivity index (χ3n) is 4.07. The second kappa shape index (κ2) is 11.1. The highest BCUT2D eigenvalue weighted by Crippen LogP contribution is 2.26. The number of nitrogens with zero attached hydrogens (tertiary/aromatic N) is 1. The number of guanidine groups is 1. The molecule has 26 heavy (non-hydrogen) atoms. The maximum absolute atomic E-state index is 5.36. The molecular weight excluding hydrogens is 441 g/mol. The van der Waals surface area contributed by atoms with E-state index in [9.17, 15) is 0 Å². The lowest BCUT2D eigenvalue weighted by Gasteiger charge is -2.24. The van der Waals surface area contributed by atoms with Crippen molar-refractivity contribution in [2.75, 3.05) is 26.7 Å². The van der Waals surface area contributed by atoms with Gasteiger partial charge in [-0.3, -0.25) is 4.99 Å². The summed E-state index contributed by atoms with van der Waals surface area (Å²) in [6.07, 6.45) is 2.53. The maximum atomic E-state index is 5.36. The highest BCUT2D eigenvalue weighted by Gasteiger charge is 2.21. The Morgan fingerprint density at radius 1 is 1.19 bits per heavy atom. The Labute approximate surface area is 173 Å². The van der Waals surface area contributed by atoms with Crippen LogP contribution in [0.25, 0.3) is 0 Å². The van der Waals surface area contributed by atoms with E-state index in [-0.39, 0.29) is 29.4 Å². The summed E-state index contributed by atoms with van der Waals surface area (Å²) in [6.45, 7) is 8.73. The Hall–Kier alpha value is -1.70. The molecule has 0 amide bonds. The van der Waals surface area contributed by atoms with Crippen LogP contribution in [0, 0.1) is 0 Å². The molecule has 1 heterocycles. The molecule has 2 rings (SSSR count). The molecule has 0 spiro atoms. The lowest BCUT2D eigenvalue weighted by atomic mass is 9.85. The Morgan fingerprint density at radius 3 is 2.65 bits per heavy atom. The third kappa shape index (κ3) is 6.90. The molecule has 5 nitrogen and oxygen atoms in total. The molecule has 0 aliphatic rings. The zero-order valence-electron chi connectivity index (χ0n) is 16.0. The molecular formula is C20H30IN3O2. The van der Waals surface area contributed by atoms with Gasteiger partial charge in [0.2, 0.25) is 0 Å². The number of methoxy groups -OCH3 is 1. The quantitative estimate of drug-likeness (QED) is 0.348. The number of furan rings is 1. The van der Waals surface area contributed by atoms with E-state index < -0.39 is 0 Å². The Bertz CT molecular complexity index is 669. The number of halogens is 1. The molecule has 1 aromatic carbocycles. The van der Waals surface area contributed by atoms with Crippen LogP contribution in [0.5, 0.6) is 5.75 Å². The van der Waals surface area contributed by atoms with Crippen LogP contribution < -0.4 is 15.4 Å².